The Kier molecular flexibility index (Phi) is 8.87. The molecule has 4 aromatic carbocycles. The summed E-state index contributed by atoms with van der Waals surface area (Å²) in [6, 6.07) is 22.1. The van der Waals surface area contributed by atoms with Crippen LogP contribution >= 0.6 is 31.9 Å². The summed E-state index contributed by atoms with van der Waals surface area (Å²) in [5.41, 5.74) is 0. The van der Waals surface area contributed by atoms with Crippen LogP contribution < -0.4 is 72.6 Å². The molecule has 0 nitrogen and oxygen atoms in total. The molecule has 0 radical (unpaired) electrons. The summed E-state index contributed by atoms with van der Waals surface area (Å²) in [6.07, 6.45) is 0. The second-order valence-corrected chi connectivity index (χ2v) is 59.6. The van der Waals surface area contributed by atoms with Gasteiger partial charge in [-0.2, -0.15) is 0 Å². The van der Waals surface area contributed by atoms with Gasteiger partial charge in [-0.1, -0.05) is 248 Å². The second-order valence-electron chi connectivity index (χ2n) is 21.9. The molecule has 276 valence electrons. The summed E-state index contributed by atoms with van der Waals surface area (Å²) in [5.74, 6) is 0. The molecule has 0 amide bonds. The number of hydrogen-bond donors (Lipinski definition) is 0. The molecule has 0 bridgehead atoms. The first-order chi connectivity index (χ1) is 23.4. The van der Waals surface area contributed by atoms with Crippen LogP contribution in [0.4, 0.5) is 0 Å². The van der Waals surface area contributed by atoms with Crippen LogP contribution in [0.5, 0.6) is 0 Å². The molecule has 0 fully saturated rings. The summed E-state index contributed by atoms with van der Waals surface area (Å²) in [4.78, 5) is 0. The van der Waals surface area contributed by atoms with E-state index in [2.05, 4.69) is 198 Å². The molecule has 0 atom stereocenters. The molecule has 7 rings (SSSR count). The highest BCUT2D eigenvalue weighted by atomic mass is 79.9. The Morgan fingerprint density at radius 2 is 0.442 bits per heavy atom. The predicted molar refractivity (Wildman–Crippen MR) is 268 cm³/mol. The maximum Gasteiger partial charge on any atom is 0.112 e. The normalized spacial score (nSPS) is 20.8. The quantitative estimate of drug-likeness (QED) is 0.265. The van der Waals surface area contributed by atoms with Crippen molar-refractivity contribution in [2.24, 2.45) is 0 Å². The Morgan fingerprint density at radius 1 is 0.288 bits per heavy atom. The summed E-state index contributed by atoms with van der Waals surface area (Å²) in [7, 11) is -14.9. The predicted octanol–water partition coefficient (Wildman–Crippen LogP) is 4.18. The summed E-state index contributed by atoms with van der Waals surface area (Å²) >= 11 is 8.23. The van der Waals surface area contributed by atoms with Crippen LogP contribution in [0.15, 0.2) is 57.5 Å². The largest absolute Gasteiger partial charge is 0.112 e. The highest BCUT2D eigenvalue weighted by molar-refractivity contribution is 9.11. The summed E-state index contributed by atoms with van der Waals surface area (Å²) in [6.45, 7) is 47.3. The van der Waals surface area contributed by atoms with E-state index >= 15 is 0 Å². The van der Waals surface area contributed by atoms with Gasteiger partial charge in [0.1, 0.15) is 48.4 Å². The highest BCUT2D eigenvalue weighted by Crippen LogP contribution is 2.24. The molecule has 0 N–H and O–H groups in total. The fourth-order valence-corrected chi connectivity index (χ4v) is 46.8. The Hall–Kier alpha value is -0.425. The molecule has 4 aromatic rings. The van der Waals surface area contributed by atoms with Gasteiger partial charge in [0.25, 0.3) is 0 Å². The minimum atomic E-state index is -2.03. The SMILES string of the molecule is C[Si](C)(C)c1cc2c(cc1Br)[Si](C)(C)c1cc3c(cc1[Si]2(C)C)[Si](C)(C)c1cc2c(cc1[Si]3(C)C)[Si](C)(C)c1cc([Si](C)(C)C)c(Br)cc1[Si]2(C)C. The fraction of sp³-hybridized carbons (Fsp3) is 0.429. The molecule has 3 aliphatic rings. The van der Waals surface area contributed by atoms with Crippen molar-refractivity contribution < 1.29 is 0 Å². The molecule has 52 heavy (non-hydrogen) atoms. The average molecular weight is 951 g/mol. The van der Waals surface area contributed by atoms with Gasteiger partial charge in [-0.25, -0.2) is 0 Å². The molecule has 0 saturated heterocycles. The average Bonchev–Trinajstić information content (AvgIpc) is 3.00. The lowest BCUT2D eigenvalue weighted by molar-refractivity contribution is 1.60. The van der Waals surface area contributed by atoms with E-state index in [9.17, 15) is 0 Å². The van der Waals surface area contributed by atoms with Gasteiger partial charge >= 0.3 is 0 Å². The molecule has 0 spiro atoms. The summed E-state index contributed by atoms with van der Waals surface area (Å²) in [5, 5.41) is 24.3. The van der Waals surface area contributed by atoms with E-state index in [0.29, 0.717) is 0 Å². The van der Waals surface area contributed by atoms with E-state index in [-0.39, 0.29) is 0 Å². The second kappa shape index (κ2) is 11.6. The zero-order valence-corrected chi connectivity index (χ0v) is 46.5. The Bertz CT molecular complexity index is 2090. The zero-order chi connectivity index (χ0) is 38.9. The van der Waals surface area contributed by atoms with Crippen LogP contribution in [0.1, 0.15) is 0 Å². The van der Waals surface area contributed by atoms with Gasteiger partial charge in [0.05, 0.1) is 16.1 Å². The van der Waals surface area contributed by atoms with Crippen LogP contribution in [0.3, 0.4) is 0 Å². The van der Waals surface area contributed by atoms with Crippen molar-refractivity contribution in [3.63, 3.8) is 0 Å². The van der Waals surface area contributed by atoms with Crippen molar-refractivity contribution >= 4 is 169 Å². The van der Waals surface area contributed by atoms with Gasteiger partial charge in [0.15, 0.2) is 0 Å². The number of halogens is 2. The Balaban J connectivity index is 1.49. The van der Waals surface area contributed by atoms with Crippen LogP contribution in [-0.2, 0) is 0 Å². The van der Waals surface area contributed by atoms with Gasteiger partial charge in [0, 0.05) is 8.95 Å². The van der Waals surface area contributed by atoms with Crippen LogP contribution in [0.2, 0.25) is 118 Å². The van der Waals surface area contributed by atoms with E-state index in [0.717, 1.165) is 0 Å². The standard InChI is InChI=1S/C42H62Br2Si8/c1-45(2,3)29-21-33-31(19-27(29)43)47(7,8)35-23-39-41(25-37(35)49(33,11)12)51(15,16)40-24-36-38(26-42(40)52(39,17)18)50(13,14)34-22-30(46(4,5)6)28(44)20-32(34)48(36,9)10/h19-26H,1-18H3. The Morgan fingerprint density at radius 3 is 0.615 bits per heavy atom. The van der Waals surface area contributed by atoms with Crippen LogP contribution in [-0.4, -0.2) is 64.6 Å². The number of hydrogen-bond acceptors (Lipinski definition) is 0. The maximum atomic E-state index is 4.12. The lowest BCUT2D eigenvalue weighted by atomic mass is 10.3. The minimum absolute atomic E-state index is 1.36. The molecule has 3 heterocycles. The van der Waals surface area contributed by atoms with Crippen LogP contribution in [0, 0.1) is 0 Å². The summed E-state index contributed by atoms with van der Waals surface area (Å²) < 4.78 is 2.73. The molecule has 0 unspecified atom stereocenters. The van der Waals surface area contributed by atoms with Crippen molar-refractivity contribution in [2.75, 3.05) is 0 Å². The monoisotopic (exact) mass is 948 g/mol. The fourth-order valence-electron chi connectivity index (χ4n) is 10.6. The van der Waals surface area contributed by atoms with Crippen molar-refractivity contribution in [3.8, 4) is 0 Å². The number of rotatable bonds is 2. The third kappa shape index (κ3) is 5.37. The molecular formula is C42H62Br2Si8. The van der Waals surface area contributed by atoms with Crippen molar-refractivity contribution in [2.45, 2.75) is 118 Å². The van der Waals surface area contributed by atoms with E-state index < -0.39 is 64.6 Å². The minimum Gasteiger partial charge on any atom is -0.0656 e. The number of benzene rings is 4. The van der Waals surface area contributed by atoms with Gasteiger partial charge < -0.3 is 0 Å². The lowest BCUT2D eigenvalue weighted by Gasteiger charge is -2.49. The van der Waals surface area contributed by atoms with E-state index in [1.807, 2.05) is 0 Å². The third-order valence-electron chi connectivity index (χ3n) is 14.2. The smallest absolute Gasteiger partial charge is 0.0656 e. The number of fused-ring (bicyclic) bond motifs is 6. The van der Waals surface area contributed by atoms with Crippen molar-refractivity contribution in [3.05, 3.63) is 57.5 Å². The first-order valence-electron chi connectivity index (χ1n) is 19.5. The van der Waals surface area contributed by atoms with Crippen LogP contribution in [0.25, 0.3) is 0 Å². The van der Waals surface area contributed by atoms with Gasteiger partial charge in [-0.3, -0.25) is 0 Å². The molecule has 10 heteroatoms. The third-order valence-corrected chi connectivity index (χ3v) is 43.0. The molecule has 0 saturated carbocycles. The molecule has 0 aromatic heterocycles. The molecule has 3 aliphatic heterocycles. The van der Waals surface area contributed by atoms with E-state index in [1.54, 1.807) is 72.6 Å². The first kappa shape index (κ1) is 39.8. The van der Waals surface area contributed by atoms with Gasteiger partial charge in [0.2, 0.25) is 0 Å². The molecular weight excluding hydrogens is 889 g/mol. The topological polar surface area (TPSA) is 0 Å². The lowest BCUT2D eigenvalue weighted by Crippen LogP contribution is -2.85. The van der Waals surface area contributed by atoms with E-state index in [4.69, 9.17) is 0 Å². The van der Waals surface area contributed by atoms with Crippen molar-refractivity contribution in [1.82, 2.24) is 0 Å². The van der Waals surface area contributed by atoms with E-state index in [1.165, 1.54) is 8.95 Å². The van der Waals surface area contributed by atoms with Crippen molar-refractivity contribution in [1.29, 1.82) is 0 Å². The highest BCUT2D eigenvalue weighted by Gasteiger charge is 2.52. The van der Waals surface area contributed by atoms with Gasteiger partial charge in [-0.15, -0.1) is 0 Å². The van der Waals surface area contributed by atoms with Gasteiger partial charge in [-0.05, 0) is 22.5 Å². The zero-order valence-electron chi connectivity index (χ0n) is 35.4. The maximum absolute atomic E-state index is 4.12. The molecule has 0 aliphatic carbocycles. The Labute approximate surface area is 341 Å². The first-order valence-corrected chi connectivity index (χ1v) is 46.1.